The molecule has 1 fully saturated rings. The lowest BCUT2D eigenvalue weighted by molar-refractivity contribution is 0.343. The van der Waals surface area contributed by atoms with Gasteiger partial charge in [-0.15, -0.1) is 11.3 Å². The Hall–Kier alpha value is -0.920. The molecule has 2 rings (SSSR count). The van der Waals surface area contributed by atoms with Crippen molar-refractivity contribution in [3.63, 3.8) is 0 Å². The van der Waals surface area contributed by atoms with Crippen LogP contribution in [0.5, 0.6) is 0 Å². The molecule has 0 amide bonds. The minimum atomic E-state index is -0.0343. The zero-order valence-electron chi connectivity index (χ0n) is 11.5. The van der Waals surface area contributed by atoms with E-state index in [4.69, 9.17) is 0 Å². The molecule has 0 aromatic carbocycles. The third kappa shape index (κ3) is 3.09. The maximum absolute atomic E-state index is 9.18. The minimum Gasteiger partial charge on any atom is -0.303 e. The number of aromatic nitrogens is 1. The van der Waals surface area contributed by atoms with E-state index in [9.17, 15) is 5.26 Å². The van der Waals surface area contributed by atoms with E-state index in [1.54, 1.807) is 11.3 Å². The second kappa shape index (κ2) is 5.38. The van der Waals surface area contributed by atoms with Gasteiger partial charge in [-0.2, -0.15) is 5.26 Å². The summed E-state index contributed by atoms with van der Waals surface area (Å²) < 4.78 is 0. The van der Waals surface area contributed by atoms with Gasteiger partial charge < -0.3 is 4.90 Å². The van der Waals surface area contributed by atoms with Crippen molar-refractivity contribution in [3.8, 4) is 6.07 Å². The van der Waals surface area contributed by atoms with Gasteiger partial charge in [-0.05, 0) is 25.9 Å². The van der Waals surface area contributed by atoms with Crippen molar-refractivity contribution < 1.29 is 0 Å². The van der Waals surface area contributed by atoms with Crippen molar-refractivity contribution in [1.82, 2.24) is 9.88 Å². The first kappa shape index (κ1) is 13.5. The van der Waals surface area contributed by atoms with E-state index in [0.717, 1.165) is 28.5 Å². The van der Waals surface area contributed by atoms with Crippen LogP contribution in [0, 0.1) is 11.3 Å². The van der Waals surface area contributed by atoms with Gasteiger partial charge >= 0.3 is 0 Å². The summed E-state index contributed by atoms with van der Waals surface area (Å²) in [5, 5.41) is 10.3. The first-order valence-corrected chi connectivity index (χ1v) is 7.45. The lowest BCUT2D eigenvalue weighted by atomic mass is 9.91. The van der Waals surface area contributed by atoms with Crippen molar-refractivity contribution in [2.45, 2.75) is 45.4 Å². The van der Waals surface area contributed by atoms with Gasteiger partial charge in [0.1, 0.15) is 10.9 Å². The van der Waals surface area contributed by atoms with Crippen LogP contribution in [0.25, 0.3) is 0 Å². The van der Waals surface area contributed by atoms with Crippen LogP contribution in [0.4, 0.5) is 0 Å². The molecule has 98 valence electrons. The molecule has 0 aliphatic carbocycles. The molecule has 1 aromatic rings. The maximum atomic E-state index is 9.18. The summed E-state index contributed by atoms with van der Waals surface area (Å²) in [5.74, 6) is 0. The largest absolute Gasteiger partial charge is 0.303 e. The average Bonchev–Trinajstić information content (AvgIpc) is 2.94. The van der Waals surface area contributed by atoms with E-state index >= 15 is 0 Å². The first-order chi connectivity index (χ1) is 8.50. The van der Waals surface area contributed by atoms with Gasteiger partial charge in [0.2, 0.25) is 0 Å². The molecule has 0 spiro atoms. The van der Waals surface area contributed by atoms with Crippen LogP contribution in [0.1, 0.15) is 49.2 Å². The van der Waals surface area contributed by atoms with Crippen LogP contribution in [0.15, 0.2) is 0 Å². The summed E-state index contributed by atoms with van der Waals surface area (Å²) in [7, 11) is 0. The van der Waals surface area contributed by atoms with Crippen molar-refractivity contribution >= 4 is 11.3 Å². The van der Waals surface area contributed by atoms with Gasteiger partial charge in [-0.3, -0.25) is 0 Å². The average molecular weight is 263 g/mol. The molecule has 0 saturated carbocycles. The second-order valence-corrected chi connectivity index (χ2v) is 7.03. The quantitative estimate of drug-likeness (QED) is 0.841. The highest BCUT2D eigenvalue weighted by Crippen LogP contribution is 2.29. The van der Waals surface area contributed by atoms with Crippen molar-refractivity contribution in [2.24, 2.45) is 0 Å². The van der Waals surface area contributed by atoms with Crippen molar-refractivity contribution in [1.29, 1.82) is 5.26 Å². The Morgan fingerprint density at radius 3 is 2.50 bits per heavy atom. The molecule has 0 atom stereocenters. The number of likely N-dealkylation sites (tertiary alicyclic amines) is 1. The smallest absolute Gasteiger partial charge is 0.128 e. The Kier molecular flexibility index (Phi) is 4.04. The van der Waals surface area contributed by atoms with Gasteiger partial charge in [0, 0.05) is 18.4 Å². The molecule has 0 radical (unpaired) electrons. The van der Waals surface area contributed by atoms with Crippen LogP contribution in [0.2, 0.25) is 0 Å². The molecule has 0 bridgehead atoms. The Morgan fingerprint density at radius 1 is 1.33 bits per heavy atom. The van der Waals surface area contributed by atoms with Gasteiger partial charge in [0.15, 0.2) is 0 Å². The molecule has 0 unspecified atom stereocenters. The summed E-state index contributed by atoms with van der Waals surface area (Å²) in [6.07, 6.45) is 3.64. The van der Waals surface area contributed by atoms with Gasteiger partial charge in [0.05, 0.1) is 10.7 Å². The topological polar surface area (TPSA) is 39.9 Å². The van der Waals surface area contributed by atoms with Gasteiger partial charge in [-0.1, -0.05) is 20.8 Å². The van der Waals surface area contributed by atoms with Gasteiger partial charge in [0.25, 0.3) is 0 Å². The monoisotopic (exact) mass is 263 g/mol. The molecule has 4 heteroatoms. The maximum Gasteiger partial charge on any atom is 0.128 e. The molecule has 0 N–H and O–H groups in total. The summed E-state index contributed by atoms with van der Waals surface area (Å²) in [6, 6.07) is 2.29. The molecular formula is C14H21N3S. The molecule has 18 heavy (non-hydrogen) atoms. The summed E-state index contributed by atoms with van der Waals surface area (Å²) in [4.78, 5) is 7.96. The Labute approximate surface area is 113 Å². The van der Waals surface area contributed by atoms with Crippen molar-refractivity contribution in [2.75, 3.05) is 19.6 Å². The van der Waals surface area contributed by atoms with Crippen molar-refractivity contribution in [3.05, 3.63) is 15.6 Å². The van der Waals surface area contributed by atoms with E-state index in [0.29, 0.717) is 0 Å². The molecule has 1 aliphatic heterocycles. The highest BCUT2D eigenvalue weighted by atomic mass is 32.1. The molecule has 3 nitrogen and oxygen atoms in total. The van der Waals surface area contributed by atoms with Crippen LogP contribution < -0.4 is 0 Å². The van der Waals surface area contributed by atoms with Crippen LogP contribution in [-0.4, -0.2) is 29.5 Å². The third-order valence-electron chi connectivity index (χ3n) is 3.32. The SMILES string of the molecule is CC(C)(C)c1nc(CCN2CCCC2)sc1C#N. The first-order valence-electron chi connectivity index (χ1n) is 6.63. The number of thiazole rings is 1. The Morgan fingerprint density at radius 2 is 2.00 bits per heavy atom. The molecule has 1 aliphatic rings. The highest BCUT2D eigenvalue weighted by molar-refractivity contribution is 7.12. The normalized spacial score (nSPS) is 17.0. The number of nitriles is 1. The predicted molar refractivity (Wildman–Crippen MR) is 74.9 cm³/mol. The fourth-order valence-electron chi connectivity index (χ4n) is 2.32. The zero-order chi connectivity index (χ0) is 13.2. The lowest BCUT2D eigenvalue weighted by Gasteiger charge is -2.15. The van der Waals surface area contributed by atoms with E-state index in [1.165, 1.54) is 25.9 Å². The van der Waals surface area contributed by atoms with E-state index < -0.39 is 0 Å². The highest BCUT2D eigenvalue weighted by Gasteiger charge is 2.23. The Bertz CT molecular complexity index is 445. The van der Waals surface area contributed by atoms with E-state index in [-0.39, 0.29) is 5.41 Å². The van der Waals surface area contributed by atoms with Crippen LogP contribution in [0.3, 0.4) is 0 Å². The minimum absolute atomic E-state index is 0.0343. The predicted octanol–water partition coefficient (Wildman–Crippen LogP) is 2.95. The molecule has 2 heterocycles. The number of hydrogen-bond donors (Lipinski definition) is 0. The standard InChI is InChI=1S/C14H21N3S/c1-14(2,3)13-11(10-15)18-12(16-13)6-9-17-7-4-5-8-17/h4-9H2,1-3H3. The lowest BCUT2D eigenvalue weighted by Crippen LogP contribution is -2.22. The fraction of sp³-hybridized carbons (Fsp3) is 0.714. The summed E-state index contributed by atoms with van der Waals surface area (Å²) in [5.41, 5.74) is 0.930. The number of nitrogens with zero attached hydrogens (tertiary/aromatic N) is 3. The third-order valence-corrected chi connectivity index (χ3v) is 4.34. The number of hydrogen-bond acceptors (Lipinski definition) is 4. The summed E-state index contributed by atoms with van der Waals surface area (Å²) >= 11 is 1.57. The summed E-state index contributed by atoms with van der Waals surface area (Å²) in [6.45, 7) is 9.89. The van der Waals surface area contributed by atoms with Gasteiger partial charge in [-0.25, -0.2) is 4.98 Å². The molecule has 1 saturated heterocycles. The van der Waals surface area contributed by atoms with Crippen LogP contribution >= 0.6 is 11.3 Å². The second-order valence-electron chi connectivity index (χ2n) is 5.95. The van der Waals surface area contributed by atoms with Crippen LogP contribution in [-0.2, 0) is 11.8 Å². The molecule has 1 aromatic heterocycles. The fourth-order valence-corrected chi connectivity index (χ4v) is 3.38. The Balaban J connectivity index is 2.05. The number of rotatable bonds is 3. The van der Waals surface area contributed by atoms with E-state index in [1.807, 2.05) is 0 Å². The zero-order valence-corrected chi connectivity index (χ0v) is 12.3. The molecular weight excluding hydrogens is 242 g/mol. The van der Waals surface area contributed by atoms with E-state index in [2.05, 4.69) is 36.7 Å².